The van der Waals surface area contributed by atoms with Gasteiger partial charge in [-0.1, -0.05) is 120 Å². The van der Waals surface area contributed by atoms with Crippen molar-refractivity contribution in [3.63, 3.8) is 0 Å². The van der Waals surface area contributed by atoms with Crippen molar-refractivity contribution in [2.24, 2.45) is 22.2 Å². The number of aliphatic hydroxyl groups excluding tert-OH is 1. The Morgan fingerprint density at radius 3 is 2.46 bits per heavy atom. The lowest BCUT2D eigenvalue weighted by Gasteiger charge is -2.40. The molecule has 3 atom stereocenters. The molecule has 192 valence electrons. The van der Waals surface area contributed by atoms with Gasteiger partial charge in [0.05, 0.1) is 11.8 Å². The number of unbranched alkanes of at least 4 members (excludes halogenated alkanes) is 1. The molecule has 0 radical (unpaired) electrons. The molecule has 0 amide bonds. The first-order chi connectivity index (χ1) is 17.8. The average Bonchev–Trinajstić information content (AvgIpc) is 2.90. The Bertz CT molecular complexity index is 1330. The van der Waals surface area contributed by atoms with Crippen LogP contribution in [0.2, 0.25) is 0 Å². The van der Waals surface area contributed by atoms with E-state index in [2.05, 4.69) is 102 Å². The van der Waals surface area contributed by atoms with E-state index in [-0.39, 0.29) is 17.3 Å². The van der Waals surface area contributed by atoms with Gasteiger partial charge < -0.3 is 5.11 Å². The van der Waals surface area contributed by atoms with E-state index in [0.717, 1.165) is 40.8 Å². The smallest absolute Gasteiger partial charge is 0.0711 e. The van der Waals surface area contributed by atoms with Gasteiger partial charge in [-0.25, -0.2) is 0 Å². The highest BCUT2D eigenvalue weighted by Gasteiger charge is 2.38. The molecule has 1 aliphatic rings. The first-order valence-electron chi connectivity index (χ1n) is 13.6. The second kappa shape index (κ2) is 11.4. The summed E-state index contributed by atoms with van der Waals surface area (Å²) in [6.07, 6.45) is 12.0. The fourth-order valence-corrected chi connectivity index (χ4v) is 5.67. The number of aliphatic imine (C=N–C) groups is 1. The highest BCUT2D eigenvalue weighted by molar-refractivity contribution is 6.02. The maximum atomic E-state index is 11.4. The van der Waals surface area contributed by atoms with Crippen LogP contribution in [0, 0.1) is 17.3 Å². The molecule has 0 spiro atoms. The van der Waals surface area contributed by atoms with Gasteiger partial charge in [0, 0.05) is 17.7 Å². The van der Waals surface area contributed by atoms with Gasteiger partial charge in [0.25, 0.3) is 0 Å². The van der Waals surface area contributed by atoms with Crippen LogP contribution in [0.3, 0.4) is 0 Å². The third kappa shape index (κ3) is 5.70. The highest BCUT2D eigenvalue weighted by atomic mass is 16.3. The summed E-state index contributed by atoms with van der Waals surface area (Å²) in [7, 11) is 0. The molecule has 0 aromatic heterocycles. The molecule has 0 bridgehead atoms. The monoisotopic (exact) mass is 491 g/mol. The van der Waals surface area contributed by atoms with Gasteiger partial charge in [0.15, 0.2) is 0 Å². The number of nitrogens with zero attached hydrogens (tertiary/aromatic N) is 1. The first-order valence-corrected chi connectivity index (χ1v) is 13.6. The third-order valence-corrected chi connectivity index (χ3v) is 7.81. The maximum Gasteiger partial charge on any atom is 0.0711 e. The SMILES string of the molecule is C=Cc1ccc(N=CC2C=C(CCCC)CC(C(C)(C)C)C2O)c(-c2cccc3ccccc23)c1C=C. The number of benzene rings is 3. The van der Waals surface area contributed by atoms with Crippen molar-refractivity contribution in [2.75, 3.05) is 0 Å². The van der Waals surface area contributed by atoms with Crippen molar-refractivity contribution < 1.29 is 5.11 Å². The minimum Gasteiger partial charge on any atom is -0.392 e. The minimum atomic E-state index is -0.457. The number of rotatable bonds is 8. The van der Waals surface area contributed by atoms with E-state index in [9.17, 15) is 5.11 Å². The molecule has 1 aliphatic carbocycles. The quantitative estimate of drug-likeness (QED) is 0.247. The van der Waals surface area contributed by atoms with E-state index in [1.54, 1.807) is 0 Å². The van der Waals surface area contributed by atoms with Gasteiger partial charge in [0.1, 0.15) is 0 Å². The number of allylic oxidation sites excluding steroid dienone is 1. The second-order valence-corrected chi connectivity index (χ2v) is 11.3. The topological polar surface area (TPSA) is 32.6 Å². The summed E-state index contributed by atoms with van der Waals surface area (Å²) >= 11 is 0. The van der Waals surface area contributed by atoms with Crippen molar-refractivity contribution >= 4 is 34.8 Å². The van der Waals surface area contributed by atoms with Crippen LogP contribution in [-0.4, -0.2) is 17.4 Å². The zero-order valence-corrected chi connectivity index (χ0v) is 22.9. The van der Waals surface area contributed by atoms with Crippen molar-refractivity contribution in [3.05, 3.63) is 90.5 Å². The average molecular weight is 492 g/mol. The summed E-state index contributed by atoms with van der Waals surface area (Å²) in [5.74, 6) is 0.0849. The van der Waals surface area contributed by atoms with Crippen LogP contribution in [0.5, 0.6) is 0 Å². The van der Waals surface area contributed by atoms with E-state index in [1.807, 2.05) is 18.4 Å². The van der Waals surface area contributed by atoms with Gasteiger partial charge in [-0.15, -0.1) is 0 Å². The molecule has 3 aromatic carbocycles. The lowest BCUT2D eigenvalue weighted by atomic mass is 9.67. The van der Waals surface area contributed by atoms with Crippen LogP contribution in [-0.2, 0) is 0 Å². The van der Waals surface area contributed by atoms with E-state index < -0.39 is 6.10 Å². The Hall–Kier alpha value is -3.23. The fraction of sp³-hybridized carbons (Fsp3) is 0.343. The molecule has 0 fully saturated rings. The Kier molecular flexibility index (Phi) is 8.29. The molecule has 1 N–H and O–H groups in total. The maximum absolute atomic E-state index is 11.4. The molecule has 2 nitrogen and oxygen atoms in total. The summed E-state index contributed by atoms with van der Waals surface area (Å²) in [4.78, 5) is 5.07. The van der Waals surface area contributed by atoms with E-state index in [1.165, 1.54) is 29.2 Å². The van der Waals surface area contributed by atoms with Crippen molar-refractivity contribution in [2.45, 2.75) is 59.5 Å². The Morgan fingerprint density at radius 2 is 1.76 bits per heavy atom. The third-order valence-electron chi connectivity index (χ3n) is 7.81. The predicted octanol–water partition coefficient (Wildman–Crippen LogP) is 9.65. The summed E-state index contributed by atoms with van der Waals surface area (Å²) in [5, 5.41) is 13.8. The highest BCUT2D eigenvalue weighted by Crippen LogP contribution is 2.43. The van der Waals surface area contributed by atoms with Crippen LogP contribution in [0.15, 0.2) is 84.4 Å². The summed E-state index contributed by atoms with van der Waals surface area (Å²) in [5.41, 5.74) is 6.58. The molecule has 4 rings (SSSR count). The lowest BCUT2D eigenvalue weighted by Crippen LogP contribution is -2.40. The molecule has 0 heterocycles. The normalized spacial score (nSPS) is 20.2. The summed E-state index contributed by atoms with van der Waals surface area (Å²) in [6, 6.07) is 19.0. The zero-order chi connectivity index (χ0) is 26.6. The second-order valence-electron chi connectivity index (χ2n) is 11.3. The molecule has 3 unspecified atom stereocenters. The fourth-order valence-electron chi connectivity index (χ4n) is 5.67. The minimum absolute atomic E-state index is 0.0208. The summed E-state index contributed by atoms with van der Waals surface area (Å²) < 4.78 is 0. The van der Waals surface area contributed by atoms with Crippen molar-refractivity contribution in [3.8, 4) is 11.1 Å². The van der Waals surface area contributed by atoms with Crippen LogP contribution in [0.1, 0.15) is 64.5 Å². The van der Waals surface area contributed by atoms with Gasteiger partial charge >= 0.3 is 0 Å². The number of aliphatic hydroxyl groups is 1. The standard InChI is InChI=1S/C35H41NO/c1-7-10-14-24-21-27(34(37)31(22-24)35(4,5)6)23-36-32-20-19-25(8-2)28(9-3)33(32)30-18-13-16-26-15-11-12-17-29(26)30/h8-9,11-13,15-21,23,27,31,34,37H,2-3,7,10,14,22H2,1,4-6H3. The van der Waals surface area contributed by atoms with Crippen LogP contribution < -0.4 is 0 Å². The molecule has 0 aliphatic heterocycles. The van der Waals surface area contributed by atoms with E-state index in [0.29, 0.717) is 0 Å². The van der Waals surface area contributed by atoms with Gasteiger partial charge in [-0.3, -0.25) is 4.99 Å². The van der Waals surface area contributed by atoms with E-state index in [4.69, 9.17) is 4.99 Å². The predicted molar refractivity (Wildman–Crippen MR) is 162 cm³/mol. The van der Waals surface area contributed by atoms with Crippen LogP contribution in [0.25, 0.3) is 34.1 Å². The molecule has 0 saturated carbocycles. The Balaban J connectivity index is 1.84. The van der Waals surface area contributed by atoms with Gasteiger partial charge in [0.2, 0.25) is 0 Å². The van der Waals surface area contributed by atoms with Crippen LogP contribution in [0.4, 0.5) is 5.69 Å². The first kappa shape index (κ1) is 26.8. The molecular weight excluding hydrogens is 450 g/mol. The summed E-state index contributed by atoms with van der Waals surface area (Å²) in [6.45, 7) is 17.1. The molecule has 37 heavy (non-hydrogen) atoms. The van der Waals surface area contributed by atoms with Gasteiger partial charge in [-0.2, -0.15) is 0 Å². The molecule has 2 heteroatoms. The lowest BCUT2D eigenvalue weighted by molar-refractivity contribution is 0.0235. The number of fused-ring (bicyclic) bond motifs is 1. The Labute approximate surface area is 223 Å². The van der Waals surface area contributed by atoms with Crippen LogP contribution >= 0.6 is 0 Å². The molecule has 3 aromatic rings. The number of hydrogen-bond acceptors (Lipinski definition) is 2. The number of hydrogen-bond donors (Lipinski definition) is 1. The largest absolute Gasteiger partial charge is 0.392 e. The van der Waals surface area contributed by atoms with Crippen molar-refractivity contribution in [1.82, 2.24) is 0 Å². The molecule has 0 saturated heterocycles. The van der Waals surface area contributed by atoms with Crippen molar-refractivity contribution in [1.29, 1.82) is 0 Å². The zero-order valence-electron chi connectivity index (χ0n) is 22.9. The van der Waals surface area contributed by atoms with Gasteiger partial charge in [-0.05, 0) is 64.1 Å². The molecular formula is C35H41NO. The Morgan fingerprint density at radius 1 is 1.00 bits per heavy atom. The van der Waals surface area contributed by atoms with E-state index >= 15 is 0 Å².